The molecule has 0 saturated heterocycles. The fourth-order valence-electron chi connectivity index (χ4n) is 2.54. The standard InChI is InChI=1S/C18H19Cl2N7O2/c1-21-16(29)9-27-8-11(6-23-27)24-18-22-7-14(20)17(26-18)25-15(10-28)12-4-2-3-5-13(12)19/h2-8,15,28H,9-10H2,1H3,(H,21,29)(H2,22,24,25,26). The normalized spacial score (nSPS) is 11.7. The summed E-state index contributed by atoms with van der Waals surface area (Å²) < 4.78 is 1.48. The van der Waals surface area contributed by atoms with Crippen molar-refractivity contribution < 1.29 is 9.90 Å². The van der Waals surface area contributed by atoms with Gasteiger partial charge in [-0.05, 0) is 11.6 Å². The molecular weight excluding hydrogens is 417 g/mol. The van der Waals surface area contributed by atoms with Crippen LogP contribution in [0.25, 0.3) is 0 Å². The Labute approximate surface area is 177 Å². The predicted octanol–water partition coefficient (Wildman–Crippen LogP) is 2.62. The number of nitrogens with zero attached hydrogens (tertiary/aromatic N) is 4. The molecule has 1 unspecified atom stereocenters. The number of hydrogen-bond acceptors (Lipinski definition) is 7. The molecule has 2 heterocycles. The highest BCUT2D eigenvalue weighted by Crippen LogP contribution is 2.29. The number of benzene rings is 1. The lowest BCUT2D eigenvalue weighted by molar-refractivity contribution is -0.121. The van der Waals surface area contributed by atoms with Crippen LogP contribution in [0.5, 0.6) is 0 Å². The third kappa shape index (κ3) is 5.35. The van der Waals surface area contributed by atoms with Gasteiger partial charge in [-0.3, -0.25) is 9.48 Å². The van der Waals surface area contributed by atoms with Crippen LogP contribution in [0.3, 0.4) is 0 Å². The Balaban J connectivity index is 1.76. The molecule has 0 saturated carbocycles. The van der Waals surface area contributed by atoms with Crippen LogP contribution in [-0.4, -0.2) is 44.4 Å². The first kappa shape index (κ1) is 20.8. The molecule has 11 heteroatoms. The van der Waals surface area contributed by atoms with Crippen LogP contribution in [-0.2, 0) is 11.3 Å². The maximum absolute atomic E-state index is 11.4. The van der Waals surface area contributed by atoms with Crippen LogP contribution in [0.1, 0.15) is 11.6 Å². The van der Waals surface area contributed by atoms with Gasteiger partial charge in [0.1, 0.15) is 11.6 Å². The van der Waals surface area contributed by atoms with Crippen molar-refractivity contribution in [3.63, 3.8) is 0 Å². The molecule has 0 spiro atoms. The van der Waals surface area contributed by atoms with E-state index in [1.54, 1.807) is 25.5 Å². The zero-order valence-electron chi connectivity index (χ0n) is 15.4. The number of aromatic nitrogens is 4. The molecule has 0 radical (unpaired) electrons. The van der Waals surface area contributed by atoms with E-state index in [4.69, 9.17) is 23.2 Å². The average Bonchev–Trinajstić information content (AvgIpc) is 3.15. The molecule has 2 aromatic heterocycles. The van der Waals surface area contributed by atoms with E-state index in [-0.39, 0.29) is 30.0 Å². The fourth-order valence-corrected chi connectivity index (χ4v) is 2.96. The minimum Gasteiger partial charge on any atom is -0.394 e. The summed E-state index contributed by atoms with van der Waals surface area (Å²) in [5.41, 5.74) is 1.32. The Kier molecular flexibility index (Phi) is 6.86. The Hall–Kier alpha value is -2.88. The molecule has 0 aliphatic carbocycles. The molecule has 0 aliphatic rings. The lowest BCUT2D eigenvalue weighted by atomic mass is 10.1. The largest absolute Gasteiger partial charge is 0.394 e. The van der Waals surface area contributed by atoms with Gasteiger partial charge in [-0.2, -0.15) is 10.1 Å². The predicted molar refractivity (Wildman–Crippen MR) is 112 cm³/mol. The van der Waals surface area contributed by atoms with E-state index in [2.05, 4.69) is 31.0 Å². The Bertz CT molecular complexity index is 996. The zero-order chi connectivity index (χ0) is 20.8. The van der Waals surface area contributed by atoms with E-state index in [9.17, 15) is 9.90 Å². The lowest BCUT2D eigenvalue weighted by Gasteiger charge is -2.19. The first-order valence-corrected chi connectivity index (χ1v) is 9.40. The van der Waals surface area contributed by atoms with Crippen molar-refractivity contribution in [3.8, 4) is 0 Å². The quantitative estimate of drug-likeness (QED) is 0.429. The van der Waals surface area contributed by atoms with Gasteiger partial charge in [-0.25, -0.2) is 4.98 Å². The Morgan fingerprint density at radius 2 is 2.03 bits per heavy atom. The van der Waals surface area contributed by atoms with Crippen molar-refractivity contribution in [1.82, 2.24) is 25.1 Å². The van der Waals surface area contributed by atoms with Crippen molar-refractivity contribution >= 4 is 46.6 Å². The molecule has 1 atom stereocenters. The number of rotatable bonds is 8. The number of amides is 1. The van der Waals surface area contributed by atoms with Crippen LogP contribution >= 0.6 is 23.2 Å². The van der Waals surface area contributed by atoms with Crippen molar-refractivity contribution in [3.05, 3.63) is 58.5 Å². The van der Waals surface area contributed by atoms with Crippen LogP contribution in [0.4, 0.5) is 17.5 Å². The number of carbonyl (C=O) groups is 1. The van der Waals surface area contributed by atoms with Gasteiger partial charge in [-0.15, -0.1) is 0 Å². The number of nitrogens with one attached hydrogen (secondary N) is 3. The second-order valence-corrected chi connectivity index (χ2v) is 6.83. The molecule has 1 aromatic carbocycles. The molecule has 29 heavy (non-hydrogen) atoms. The highest BCUT2D eigenvalue weighted by Gasteiger charge is 2.16. The summed E-state index contributed by atoms with van der Waals surface area (Å²) in [5.74, 6) is 0.441. The second kappa shape index (κ2) is 9.55. The molecule has 0 aliphatic heterocycles. The van der Waals surface area contributed by atoms with Gasteiger partial charge in [0.2, 0.25) is 11.9 Å². The molecular formula is C18H19Cl2N7O2. The summed E-state index contributed by atoms with van der Waals surface area (Å²) in [7, 11) is 1.56. The SMILES string of the molecule is CNC(=O)Cn1cc(Nc2ncc(Cl)c(NC(CO)c3ccccc3Cl)n2)cn1. The van der Waals surface area contributed by atoms with Gasteiger partial charge >= 0.3 is 0 Å². The minimum atomic E-state index is -0.501. The number of aliphatic hydroxyl groups is 1. The molecule has 1 amide bonds. The number of halogens is 2. The summed E-state index contributed by atoms with van der Waals surface area (Å²) in [4.78, 5) is 19.9. The first-order valence-electron chi connectivity index (χ1n) is 8.64. The Morgan fingerprint density at radius 1 is 1.24 bits per heavy atom. The number of likely N-dealkylation sites (N-methyl/N-ethyl adjacent to an activating group) is 1. The van der Waals surface area contributed by atoms with E-state index < -0.39 is 6.04 Å². The van der Waals surface area contributed by atoms with E-state index in [0.717, 1.165) is 5.56 Å². The van der Waals surface area contributed by atoms with Gasteiger partial charge in [0.25, 0.3) is 0 Å². The summed E-state index contributed by atoms with van der Waals surface area (Å²) in [6, 6.07) is 6.69. The van der Waals surface area contributed by atoms with E-state index in [0.29, 0.717) is 16.5 Å². The van der Waals surface area contributed by atoms with Gasteiger partial charge in [0.05, 0.1) is 30.7 Å². The molecule has 3 aromatic rings. The van der Waals surface area contributed by atoms with Crippen molar-refractivity contribution in [2.45, 2.75) is 12.6 Å². The topological polar surface area (TPSA) is 117 Å². The monoisotopic (exact) mass is 435 g/mol. The third-order valence-corrected chi connectivity index (χ3v) is 4.61. The summed E-state index contributed by atoms with van der Waals surface area (Å²) in [6.45, 7) is -0.110. The maximum atomic E-state index is 11.4. The number of carbonyl (C=O) groups excluding carboxylic acids is 1. The molecule has 9 nitrogen and oxygen atoms in total. The zero-order valence-corrected chi connectivity index (χ0v) is 16.9. The van der Waals surface area contributed by atoms with Crippen LogP contribution in [0.15, 0.2) is 42.9 Å². The van der Waals surface area contributed by atoms with Crippen LogP contribution < -0.4 is 16.0 Å². The second-order valence-electron chi connectivity index (χ2n) is 6.02. The highest BCUT2D eigenvalue weighted by molar-refractivity contribution is 6.33. The summed E-state index contributed by atoms with van der Waals surface area (Å²) in [5, 5.41) is 23.3. The molecule has 4 N–H and O–H groups in total. The number of aliphatic hydroxyl groups excluding tert-OH is 1. The lowest BCUT2D eigenvalue weighted by Crippen LogP contribution is -2.23. The molecule has 152 valence electrons. The molecule has 0 bridgehead atoms. The Morgan fingerprint density at radius 3 is 2.76 bits per heavy atom. The van der Waals surface area contributed by atoms with E-state index >= 15 is 0 Å². The number of hydrogen-bond donors (Lipinski definition) is 4. The molecule has 3 rings (SSSR count). The van der Waals surface area contributed by atoms with Gasteiger partial charge in [-0.1, -0.05) is 41.4 Å². The minimum absolute atomic E-state index is 0.0997. The molecule has 0 fully saturated rings. The van der Waals surface area contributed by atoms with Crippen molar-refractivity contribution in [2.24, 2.45) is 0 Å². The third-order valence-electron chi connectivity index (χ3n) is 3.99. The average molecular weight is 436 g/mol. The van der Waals surface area contributed by atoms with Gasteiger partial charge in [0, 0.05) is 18.3 Å². The smallest absolute Gasteiger partial charge is 0.241 e. The fraction of sp³-hybridized carbons (Fsp3) is 0.222. The van der Waals surface area contributed by atoms with E-state index in [1.807, 2.05) is 18.2 Å². The summed E-state index contributed by atoms with van der Waals surface area (Å²) in [6.07, 6.45) is 4.64. The van der Waals surface area contributed by atoms with E-state index in [1.165, 1.54) is 10.9 Å². The highest BCUT2D eigenvalue weighted by atomic mass is 35.5. The number of anilines is 3. The maximum Gasteiger partial charge on any atom is 0.241 e. The first-order chi connectivity index (χ1) is 14.0. The van der Waals surface area contributed by atoms with Crippen molar-refractivity contribution in [2.75, 3.05) is 24.3 Å². The van der Waals surface area contributed by atoms with Gasteiger partial charge < -0.3 is 21.1 Å². The van der Waals surface area contributed by atoms with Gasteiger partial charge in [0.15, 0.2) is 5.82 Å². The summed E-state index contributed by atoms with van der Waals surface area (Å²) >= 11 is 12.4. The van der Waals surface area contributed by atoms with Crippen LogP contribution in [0.2, 0.25) is 10.0 Å². The van der Waals surface area contributed by atoms with Crippen molar-refractivity contribution in [1.29, 1.82) is 0 Å². The van der Waals surface area contributed by atoms with Crippen LogP contribution in [0, 0.1) is 0 Å².